The molecule has 5 heteroatoms. The largest absolute Gasteiger partial charge is 0.394 e. The van der Waals surface area contributed by atoms with Gasteiger partial charge in [0.05, 0.1) is 18.8 Å². The summed E-state index contributed by atoms with van der Waals surface area (Å²) in [5.74, 6) is 0.492. The maximum absolute atomic E-state index is 9.92. The highest BCUT2D eigenvalue weighted by Crippen LogP contribution is 2.52. The van der Waals surface area contributed by atoms with Gasteiger partial charge in [0, 0.05) is 6.42 Å². The summed E-state index contributed by atoms with van der Waals surface area (Å²) in [5.41, 5.74) is 0.279. The summed E-state index contributed by atoms with van der Waals surface area (Å²) < 4.78 is 11.8. The first-order chi connectivity index (χ1) is 10.1. The zero-order chi connectivity index (χ0) is 16.7. The highest BCUT2D eigenvalue weighted by atomic mass is 16.7. The smallest absolute Gasteiger partial charge is 0.161 e. The first-order valence-corrected chi connectivity index (χ1v) is 8.37. The van der Waals surface area contributed by atoms with Crippen LogP contribution in [-0.2, 0) is 9.47 Å². The number of ether oxygens (including phenoxy) is 2. The molecule has 5 nitrogen and oxygen atoms in total. The van der Waals surface area contributed by atoms with Crippen LogP contribution in [0.1, 0.15) is 53.9 Å². The first-order valence-electron chi connectivity index (χ1n) is 8.37. The fraction of sp³-hybridized carbons (Fsp3) is 1.00. The molecular weight excluding hydrogens is 284 g/mol. The van der Waals surface area contributed by atoms with Crippen molar-refractivity contribution in [1.29, 1.82) is 0 Å². The van der Waals surface area contributed by atoms with Crippen LogP contribution < -0.4 is 0 Å². The van der Waals surface area contributed by atoms with E-state index in [1.165, 1.54) is 0 Å². The van der Waals surface area contributed by atoms with Crippen molar-refractivity contribution in [2.45, 2.75) is 84.6 Å². The van der Waals surface area contributed by atoms with Crippen molar-refractivity contribution in [2.75, 3.05) is 6.61 Å². The second-order valence-electron chi connectivity index (χ2n) is 8.28. The van der Waals surface area contributed by atoms with Gasteiger partial charge in [-0.2, -0.15) is 0 Å². The molecule has 2 rings (SSSR count). The minimum Gasteiger partial charge on any atom is -0.394 e. The molecule has 0 aromatic rings. The molecule has 1 heterocycles. The van der Waals surface area contributed by atoms with E-state index >= 15 is 0 Å². The molecule has 130 valence electrons. The van der Waals surface area contributed by atoms with Crippen molar-refractivity contribution in [3.8, 4) is 0 Å². The normalized spacial score (nSPS) is 44.7. The van der Waals surface area contributed by atoms with Gasteiger partial charge in [-0.1, -0.05) is 34.6 Å². The minimum atomic E-state index is -1.05. The molecule has 1 saturated heterocycles. The zero-order valence-electron chi connectivity index (χ0n) is 14.5. The standard InChI is InChI=1S/C17H32O5/c1-10-16(2,3)7-6-13(17(10,4)5)22-14-8-11(19)15(20)12(9-18)21-14/h10-15,18-20H,6-9H2,1-5H3/t10?,11?,12?,13-,14?,15?/m0/s1. The van der Waals surface area contributed by atoms with Crippen molar-refractivity contribution >= 4 is 0 Å². The summed E-state index contributed by atoms with van der Waals surface area (Å²) in [6.07, 6.45) is -1.01. The summed E-state index contributed by atoms with van der Waals surface area (Å²) >= 11 is 0. The molecular formula is C17H32O5. The van der Waals surface area contributed by atoms with Crippen molar-refractivity contribution in [3.05, 3.63) is 0 Å². The Morgan fingerprint density at radius 2 is 1.82 bits per heavy atom. The van der Waals surface area contributed by atoms with Crippen LogP contribution in [0.5, 0.6) is 0 Å². The molecule has 0 aromatic carbocycles. The molecule has 1 aliphatic carbocycles. The average molecular weight is 316 g/mol. The molecule has 1 saturated carbocycles. The molecule has 0 radical (unpaired) electrons. The molecule has 0 aromatic heterocycles. The van der Waals surface area contributed by atoms with E-state index in [-0.39, 0.29) is 30.0 Å². The molecule has 3 N–H and O–H groups in total. The molecule has 0 bridgehead atoms. The van der Waals surface area contributed by atoms with Crippen LogP contribution in [0.4, 0.5) is 0 Å². The Kier molecular flexibility index (Phi) is 5.25. The topological polar surface area (TPSA) is 79.2 Å². The third kappa shape index (κ3) is 3.34. The van der Waals surface area contributed by atoms with Crippen molar-refractivity contribution in [1.82, 2.24) is 0 Å². The Morgan fingerprint density at radius 3 is 2.41 bits per heavy atom. The summed E-state index contributed by atoms with van der Waals surface area (Å²) in [6, 6.07) is 0. The Hall–Kier alpha value is -0.200. The van der Waals surface area contributed by atoms with E-state index in [0.717, 1.165) is 12.8 Å². The lowest BCUT2D eigenvalue weighted by Crippen LogP contribution is -2.54. The van der Waals surface area contributed by atoms with Crippen LogP contribution in [0.3, 0.4) is 0 Å². The van der Waals surface area contributed by atoms with Gasteiger partial charge in [-0.15, -0.1) is 0 Å². The molecule has 6 atom stereocenters. The van der Waals surface area contributed by atoms with Gasteiger partial charge in [0.25, 0.3) is 0 Å². The predicted octanol–water partition coefficient (Wildman–Crippen LogP) is 1.68. The molecule has 2 aliphatic rings. The van der Waals surface area contributed by atoms with Crippen molar-refractivity contribution in [3.63, 3.8) is 0 Å². The van der Waals surface area contributed by atoms with E-state index in [1.54, 1.807) is 0 Å². The third-order valence-corrected chi connectivity index (χ3v) is 6.20. The molecule has 0 spiro atoms. The number of rotatable bonds is 3. The second kappa shape index (κ2) is 6.36. The van der Waals surface area contributed by atoms with Gasteiger partial charge in [0.1, 0.15) is 12.2 Å². The predicted molar refractivity (Wildman–Crippen MR) is 83.2 cm³/mol. The van der Waals surface area contributed by atoms with Gasteiger partial charge in [0.2, 0.25) is 0 Å². The van der Waals surface area contributed by atoms with Crippen molar-refractivity contribution < 1.29 is 24.8 Å². The van der Waals surface area contributed by atoms with E-state index in [2.05, 4.69) is 34.6 Å². The lowest BCUT2D eigenvalue weighted by Gasteiger charge is -2.53. The summed E-state index contributed by atoms with van der Waals surface area (Å²) in [6.45, 7) is 11.0. The fourth-order valence-electron chi connectivity index (χ4n) is 3.96. The van der Waals surface area contributed by atoms with Gasteiger partial charge in [-0.25, -0.2) is 0 Å². The van der Waals surface area contributed by atoms with Gasteiger partial charge >= 0.3 is 0 Å². The summed E-state index contributed by atoms with van der Waals surface area (Å²) in [5, 5.41) is 29.0. The quantitative estimate of drug-likeness (QED) is 0.738. The van der Waals surface area contributed by atoms with Crippen LogP contribution in [0.15, 0.2) is 0 Å². The van der Waals surface area contributed by atoms with E-state index in [4.69, 9.17) is 9.47 Å². The van der Waals surface area contributed by atoms with E-state index in [9.17, 15) is 15.3 Å². The number of hydrogen-bond donors (Lipinski definition) is 3. The van der Waals surface area contributed by atoms with Crippen molar-refractivity contribution in [2.24, 2.45) is 16.7 Å². The number of hydrogen-bond acceptors (Lipinski definition) is 5. The highest BCUT2D eigenvalue weighted by molar-refractivity contribution is 4.97. The number of aliphatic hydroxyl groups is 3. The fourth-order valence-corrected chi connectivity index (χ4v) is 3.96. The SMILES string of the molecule is CC1C(C)(C)CC[C@H](OC2CC(O)C(O)C(CO)O2)C1(C)C. The van der Waals surface area contributed by atoms with Gasteiger partial charge in [0.15, 0.2) is 6.29 Å². The molecule has 0 amide bonds. The lowest BCUT2D eigenvalue weighted by atomic mass is 9.57. The van der Waals surface area contributed by atoms with E-state index in [1.807, 2.05) is 0 Å². The summed E-state index contributed by atoms with van der Waals surface area (Å²) in [4.78, 5) is 0. The van der Waals surface area contributed by atoms with Crippen LogP contribution >= 0.6 is 0 Å². The van der Waals surface area contributed by atoms with Gasteiger partial charge in [-0.05, 0) is 29.6 Å². The van der Waals surface area contributed by atoms with Crippen LogP contribution in [0, 0.1) is 16.7 Å². The maximum atomic E-state index is 9.92. The Bertz CT molecular complexity index is 381. The minimum absolute atomic E-state index is 0.000830. The zero-order valence-corrected chi connectivity index (χ0v) is 14.5. The van der Waals surface area contributed by atoms with Crippen LogP contribution in [0.25, 0.3) is 0 Å². The Morgan fingerprint density at radius 1 is 1.18 bits per heavy atom. The van der Waals surface area contributed by atoms with E-state index < -0.39 is 24.6 Å². The Balaban J connectivity index is 2.04. The monoisotopic (exact) mass is 316 g/mol. The maximum Gasteiger partial charge on any atom is 0.161 e. The Labute approximate surface area is 133 Å². The number of aliphatic hydroxyl groups excluding tert-OH is 3. The summed E-state index contributed by atoms with van der Waals surface area (Å²) in [7, 11) is 0. The molecule has 1 aliphatic heterocycles. The third-order valence-electron chi connectivity index (χ3n) is 6.20. The van der Waals surface area contributed by atoms with E-state index in [0.29, 0.717) is 5.92 Å². The first kappa shape index (κ1) is 18.1. The molecule has 22 heavy (non-hydrogen) atoms. The molecule has 5 unspecified atom stereocenters. The molecule has 2 fully saturated rings. The van der Waals surface area contributed by atoms with Gasteiger partial charge < -0.3 is 24.8 Å². The van der Waals surface area contributed by atoms with Crippen LogP contribution in [-0.4, -0.2) is 52.6 Å². The van der Waals surface area contributed by atoms with Gasteiger partial charge in [-0.3, -0.25) is 0 Å². The highest BCUT2D eigenvalue weighted by Gasteiger charge is 2.49. The average Bonchev–Trinajstić information content (AvgIpc) is 2.44. The van der Waals surface area contributed by atoms with Crippen LogP contribution in [0.2, 0.25) is 0 Å². The second-order valence-corrected chi connectivity index (χ2v) is 8.28. The lowest BCUT2D eigenvalue weighted by molar-refractivity contribution is -0.288.